The highest BCUT2D eigenvalue weighted by molar-refractivity contribution is 5.94. The molecular formula is C20H19N3O3. The van der Waals surface area contributed by atoms with Crippen molar-refractivity contribution < 1.29 is 9.53 Å². The van der Waals surface area contributed by atoms with Crippen LogP contribution in [0.2, 0.25) is 0 Å². The first-order chi connectivity index (χ1) is 12.6. The highest BCUT2D eigenvalue weighted by Gasteiger charge is 2.36. The first-order valence-corrected chi connectivity index (χ1v) is 8.54. The van der Waals surface area contributed by atoms with Gasteiger partial charge in [0.1, 0.15) is 11.3 Å². The number of rotatable bonds is 2. The van der Waals surface area contributed by atoms with Gasteiger partial charge in [0.25, 0.3) is 11.5 Å². The fourth-order valence-corrected chi connectivity index (χ4v) is 3.36. The van der Waals surface area contributed by atoms with Gasteiger partial charge in [0.05, 0.1) is 24.1 Å². The number of ether oxygens (including phenoxy) is 1. The third kappa shape index (κ3) is 2.88. The molecule has 132 valence electrons. The van der Waals surface area contributed by atoms with Crippen molar-refractivity contribution in [2.24, 2.45) is 0 Å². The molecule has 1 unspecified atom stereocenters. The molecule has 1 aliphatic heterocycles. The molecule has 3 heterocycles. The Balaban J connectivity index is 1.63. The lowest BCUT2D eigenvalue weighted by Gasteiger charge is -2.40. The summed E-state index contributed by atoms with van der Waals surface area (Å²) in [5.41, 5.74) is 1.12. The Morgan fingerprint density at radius 1 is 1.19 bits per heavy atom. The molecule has 6 heteroatoms. The number of carbonyl (C=O) groups is 1. The second-order valence-corrected chi connectivity index (χ2v) is 6.61. The second-order valence-electron chi connectivity index (χ2n) is 6.61. The number of H-pyrrole nitrogens is 1. The Kier molecular flexibility index (Phi) is 4.05. The van der Waals surface area contributed by atoms with E-state index < -0.39 is 5.60 Å². The van der Waals surface area contributed by atoms with Crippen molar-refractivity contribution in [2.45, 2.75) is 12.5 Å². The first-order valence-electron chi connectivity index (χ1n) is 8.54. The van der Waals surface area contributed by atoms with Gasteiger partial charge in [0, 0.05) is 12.7 Å². The minimum absolute atomic E-state index is 0.155. The average molecular weight is 349 g/mol. The standard InChI is InChI=1S/C20H19N3O3/c1-20(14-5-3-2-4-6-14)13-23(11-12-26-20)19(25)17-8-7-15-16(22-17)9-10-21-18(15)24/h2-10H,11-13H2,1H3,(H,21,24). The number of fused-ring (bicyclic) bond motifs is 1. The molecule has 1 aliphatic rings. The van der Waals surface area contributed by atoms with Crippen molar-refractivity contribution in [3.63, 3.8) is 0 Å². The van der Waals surface area contributed by atoms with E-state index in [9.17, 15) is 9.59 Å². The van der Waals surface area contributed by atoms with E-state index in [1.165, 1.54) is 6.20 Å². The van der Waals surface area contributed by atoms with E-state index in [0.717, 1.165) is 5.56 Å². The molecule has 0 saturated carbocycles. The van der Waals surface area contributed by atoms with Crippen molar-refractivity contribution in [3.05, 3.63) is 76.3 Å². The normalized spacial score (nSPS) is 20.3. The maximum atomic E-state index is 13.0. The van der Waals surface area contributed by atoms with Gasteiger partial charge in [0.15, 0.2) is 0 Å². The van der Waals surface area contributed by atoms with Crippen LogP contribution in [0.1, 0.15) is 23.0 Å². The number of pyridine rings is 2. The zero-order chi connectivity index (χ0) is 18.1. The van der Waals surface area contributed by atoms with E-state index in [0.29, 0.717) is 36.3 Å². The number of amides is 1. The second kappa shape index (κ2) is 6.38. The molecule has 0 spiro atoms. The van der Waals surface area contributed by atoms with Crippen LogP contribution in [-0.2, 0) is 10.3 Å². The molecule has 1 N–H and O–H groups in total. The number of aromatic amines is 1. The Morgan fingerprint density at radius 2 is 2.00 bits per heavy atom. The van der Waals surface area contributed by atoms with Gasteiger partial charge in [-0.1, -0.05) is 30.3 Å². The van der Waals surface area contributed by atoms with Crippen LogP contribution in [0.4, 0.5) is 0 Å². The predicted octanol–water partition coefficient (Wildman–Crippen LogP) is 2.31. The molecule has 1 saturated heterocycles. The van der Waals surface area contributed by atoms with Gasteiger partial charge in [-0.3, -0.25) is 9.59 Å². The number of nitrogens with zero attached hydrogens (tertiary/aromatic N) is 2. The number of nitrogens with one attached hydrogen (secondary N) is 1. The summed E-state index contributed by atoms with van der Waals surface area (Å²) >= 11 is 0. The molecule has 0 bridgehead atoms. The van der Waals surface area contributed by atoms with E-state index in [1.807, 2.05) is 37.3 Å². The lowest BCUT2D eigenvalue weighted by atomic mass is 9.93. The van der Waals surface area contributed by atoms with E-state index in [4.69, 9.17) is 4.74 Å². The van der Waals surface area contributed by atoms with Crippen LogP contribution in [0.3, 0.4) is 0 Å². The average Bonchev–Trinajstić information content (AvgIpc) is 2.68. The van der Waals surface area contributed by atoms with Gasteiger partial charge in [-0.15, -0.1) is 0 Å². The zero-order valence-corrected chi connectivity index (χ0v) is 14.4. The highest BCUT2D eigenvalue weighted by atomic mass is 16.5. The molecule has 1 atom stereocenters. The summed E-state index contributed by atoms with van der Waals surface area (Å²) in [5.74, 6) is -0.155. The van der Waals surface area contributed by atoms with Crippen molar-refractivity contribution >= 4 is 16.8 Å². The molecule has 4 rings (SSSR count). The third-order valence-corrected chi connectivity index (χ3v) is 4.79. The predicted molar refractivity (Wildman–Crippen MR) is 98.0 cm³/mol. The van der Waals surface area contributed by atoms with Crippen LogP contribution in [0.5, 0.6) is 0 Å². The molecule has 3 aromatic rings. The largest absolute Gasteiger partial charge is 0.367 e. The minimum atomic E-state index is -0.552. The maximum absolute atomic E-state index is 13.0. The Bertz CT molecular complexity index is 1020. The molecule has 6 nitrogen and oxygen atoms in total. The van der Waals surface area contributed by atoms with Crippen LogP contribution in [0.15, 0.2) is 59.5 Å². The number of morpholine rings is 1. The zero-order valence-electron chi connectivity index (χ0n) is 14.4. The monoisotopic (exact) mass is 349 g/mol. The van der Waals surface area contributed by atoms with Crippen LogP contribution in [0.25, 0.3) is 10.9 Å². The van der Waals surface area contributed by atoms with E-state index >= 15 is 0 Å². The van der Waals surface area contributed by atoms with Crippen LogP contribution in [-0.4, -0.2) is 40.5 Å². The fraction of sp³-hybridized carbons (Fsp3) is 0.250. The van der Waals surface area contributed by atoms with Gasteiger partial charge >= 0.3 is 0 Å². The van der Waals surface area contributed by atoms with Crippen molar-refractivity contribution in [3.8, 4) is 0 Å². The molecular weight excluding hydrogens is 330 g/mol. The Labute approximate surface area is 150 Å². The van der Waals surface area contributed by atoms with Gasteiger partial charge in [-0.05, 0) is 30.7 Å². The van der Waals surface area contributed by atoms with Crippen LogP contribution >= 0.6 is 0 Å². The van der Waals surface area contributed by atoms with E-state index in [1.54, 1.807) is 23.1 Å². The summed E-state index contributed by atoms with van der Waals surface area (Å²) in [4.78, 5) is 33.5. The number of hydrogen-bond acceptors (Lipinski definition) is 4. The van der Waals surface area contributed by atoms with Crippen LogP contribution in [0, 0.1) is 0 Å². The lowest BCUT2D eigenvalue weighted by Crippen LogP contribution is -2.50. The number of hydrogen-bond donors (Lipinski definition) is 1. The molecule has 1 aromatic carbocycles. The molecule has 0 aliphatic carbocycles. The van der Waals surface area contributed by atoms with E-state index in [-0.39, 0.29) is 11.5 Å². The highest BCUT2D eigenvalue weighted by Crippen LogP contribution is 2.29. The quantitative estimate of drug-likeness (QED) is 0.770. The molecule has 1 amide bonds. The first kappa shape index (κ1) is 16.5. The van der Waals surface area contributed by atoms with Crippen molar-refractivity contribution in [1.82, 2.24) is 14.9 Å². The fourth-order valence-electron chi connectivity index (χ4n) is 3.36. The van der Waals surface area contributed by atoms with Gasteiger partial charge in [-0.25, -0.2) is 4.98 Å². The van der Waals surface area contributed by atoms with Gasteiger partial charge < -0.3 is 14.6 Å². The van der Waals surface area contributed by atoms with Gasteiger partial charge in [0.2, 0.25) is 0 Å². The summed E-state index contributed by atoms with van der Waals surface area (Å²) in [6.45, 7) is 3.42. The summed E-state index contributed by atoms with van der Waals surface area (Å²) in [7, 11) is 0. The lowest BCUT2D eigenvalue weighted by molar-refractivity contribution is -0.0931. The summed E-state index contributed by atoms with van der Waals surface area (Å²) in [6.07, 6.45) is 1.53. The van der Waals surface area contributed by atoms with Gasteiger partial charge in [-0.2, -0.15) is 0 Å². The number of benzene rings is 1. The molecule has 26 heavy (non-hydrogen) atoms. The number of carbonyl (C=O) groups excluding carboxylic acids is 1. The Morgan fingerprint density at radius 3 is 2.81 bits per heavy atom. The molecule has 1 fully saturated rings. The smallest absolute Gasteiger partial charge is 0.272 e. The summed E-state index contributed by atoms with van der Waals surface area (Å²) in [5, 5.41) is 0.472. The molecule has 2 aromatic heterocycles. The summed E-state index contributed by atoms with van der Waals surface area (Å²) < 4.78 is 5.99. The SMILES string of the molecule is CC1(c2ccccc2)CN(C(=O)c2ccc3c(=O)[nH]ccc3n2)CCO1. The third-order valence-electron chi connectivity index (χ3n) is 4.79. The minimum Gasteiger partial charge on any atom is -0.367 e. The number of aromatic nitrogens is 2. The van der Waals surface area contributed by atoms with Crippen molar-refractivity contribution in [2.75, 3.05) is 19.7 Å². The maximum Gasteiger partial charge on any atom is 0.272 e. The Hall–Kier alpha value is -2.99. The van der Waals surface area contributed by atoms with Crippen molar-refractivity contribution in [1.29, 1.82) is 0 Å². The summed E-state index contributed by atoms with van der Waals surface area (Å²) in [6, 6.07) is 14.9. The van der Waals surface area contributed by atoms with E-state index in [2.05, 4.69) is 9.97 Å². The molecule has 0 radical (unpaired) electrons. The van der Waals surface area contributed by atoms with Crippen LogP contribution < -0.4 is 5.56 Å². The topological polar surface area (TPSA) is 75.3 Å².